The standard InChI is InChI=1S/C48H48O8/c1-30-26-39-45(52,41(30)50)28-33(29-54-47(35-20-12-7-13-21-35,36-22-14-8-15-23-36)37-24-16-9-17-25-37)27-38-40-44(4,5)48(40,56-32(3)49)42(31(2)46(38,39)53)55-43(51)34-18-10-6-11-19-34/h6-27,31,38-40,42,52-53H,28-29H2,1-5H3/t31-,38+,39-,40-,42-,45-,46-,48-/m1/s1. The Morgan fingerprint density at radius 2 is 1.29 bits per heavy atom. The molecule has 0 aliphatic heterocycles. The molecule has 0 aromatic heterocycles. The third-order valence-corrected chi connectivity index (χ3v) is 13.3. The molecule has 0 heterocycles. The normalized spacial score (nSPS) is 31.4. The van der Waals surface area contributed by atoms with Gasteiger partial charge >= 0.3 is 11.9 Å². The molecule has 0 saturated heterocycles. The van der Waals surface area contributed by atoms with Crippen molar-refractivity contribution < 1.29 is 38.8 Å². The number of carbonyl (C=O) groups excluding carboxylic acids is 3. The molecule has 0 radical (unpaired) electrons. The van der Waals surface area contributed by atoms with E-state index in [2.05, 4.69) is 0 Å². The molecule has 56 heavy (non-hydrogen) atoms. The number of esters is 2. The molecule has 2 N–H and O–H groups in total. The summed E-state index contributed by atoms with van der Waals surface area (Å²) in [5.41, 5.74) is -3.11. The van der Waals surface area contributed by atoms with Crippen LogP contribution < -0.4 is 0 Å². The summed E-state index contributed by atoms with van der Waals surface area (Å²) in [5, 5.41) is 26.2. The van der Waals surface area contributed by atoms with Gasteiger partial charge in [-0.15, -0.1) is 0 Å². The molecule has 2 fully saturated rings. The Morgan fingerprint density at radius 1 is 0.786 bits per heavy atom. The molecule has 8 nitrogen and oxygen atoms in total. The van der Waals surface area contributed by atoms with Gasteiger partial charge < -0.3 is 24.4 Å². The zero-order valence-electron chi connectivity index (χ0n) is 32.3. The van der Waals surface area contributed by atoms with Gasteiger partial charge in [0, 0.05) is 42.4 Å². The van der Waals surface area contributed by atoms with Gasteiger partial charge in [0.2, 0.25) is 0 Å². The summed E-state index contributed by atoms with van der Waals surface area (Å²) in [4.78, 5) is 40.9. The zero-order valence-corrected chi connectivity index (χ0v) is 32.3. The number of fused-ring (bicyclic) bond motifs is 5. The van der Waals surface area contributed by atoms with Crippen LogP contribution in [0.3, 0.4) is 0 Å². The lowest BCUT2D eigenvalue weighted by atomic mass is 9.59. The van der Waals surface area contributed by atoms with Crippen LogP contribution in [0, 0.1) is 29.1 Å². The lowest BCUT2D eigenvalue weighted by molar-refractivity contribution is -0.219. The second kappa shape index (κ2) is 13.5. The molecule has 4 aliphatic carbocycles. The molecule has 0 unspecified atom stereocenters. The highest BCUT2D eigenvalue weighted by Crippen LogP contribution is 2.77. The van der Waals surface area contributed by atoms with Crippen molar-refractivity contribution >= 4 is 17.7 Å². The molecular weight excluding hydrogens is 705 g/mol. The van der Waals surface area contributed by atoms with Crippen LogP contribution in [-0.4, -0.2) is 57.4 Å². The number of aliphatic hydroxyl groups is 2. The Bertz CT molecular complexity index is 2120. The van der Waals surface area contributed by atoms with E-state index in [1.807, 2.05) is 111 Å². The van der Waals surface area contributed by atoms with Crippen LogP contribution >= 0.6 is 0 Å². The molecule has 0 spiro atoms. The minimum Gasteiger partial charge on any atom is -0.454 e. The molecule has 4 aromatic rings. The molecule has 0 bridgehead atoms. The predicted molar refractivity (Wildman–Crippen MR) is 210 cm³/mol. The summed E-state index contributed by atoms with van der Waals surface area (Å²) in [6.45, 7) is 8.65. The van der Waals surface area contributed by atoms with Crippen molar-refractivity contribution in [3.63, 3.8) is 0 Å². The van der Waals surface area contributed by atoms with Crippen molar-refractivity contribution in [1.82, 2.24) is 0 Å². The van der Waals surface area contributed by atoms with Crippen molar-refractivity contribution in [3.8, 4) is 0 Å². The summed E-state index contributed by atoms with van der Waals surface area (Å²) in [5.74, 6) is -4.91. The van der Waals surface area contributed by atoms with Crippen molar-refractivity contribution in [2.75, 3.05) is 6.61 Å². The van der Waals surface area contributed by atoms with Gasteiger partial charge in [0.25, 0.3) is 0 Å². The first kappa shape index (κ1) is 37.8. The van der Waals surface area contributed by atoms with E-state index in [-0.39, 0.29) is 13.0 Å². The van der Waals surface area contributed by atoms with E-state index in [1.54, 1.807) is 50.3 Å². The highest BCUT2D eigenvalue weighted by molar-refractivity contribution is 6.05. The number of ketones is 1. The second-order valence-corrected chi connectivity index (χ2v) is 16.6. The Labute approximate surface area is 327 Å². The first-order valence-electron chi connectivity index (χ1n) is 19.4. The molecule has 4 aliphatic rings. The molecule has 4 aromatic carbocycles. The van der Waals surface area contributed by atoms with E-state index in [0.717, 1.165) is 16.7 Å². The predicted octanol–water partition coefficient (Wildman–Crippen LogP) is 7.38. The van der Waals surface area contributed by atoms with E-state index in [4.69, 9.17) is 14.2 Å². The molecule has 8 heteroatoms. The molecule has 288 valence electrons. The van der Waals surface area contributed by atoms with Crippen LogP contribution in [0.15, 0.2) is 145 Å². The maximum absolute atomic E-state index is 14.2. The van der Waals surface area contributed by atoms with Gasteiger partial charge in [-0.1, -0.05) is 142 Å². The van der Waals surface area contributed by atoms with E-state index in [0.29, 0.717) is 16.7 Å². The fourth-order valence-corrected chi connectivity index (χ4v) is 10.8. The number of benzene rings is 4. The van der Waals surface area contributed by atoms with Gasteiger partial charge in [0.05, 0.1) is 17.8 Å². The molecule has 2 saturated carbocycles. The Balaban J connectivity index is 1.28. The number of Topliss-reactive ketones (excluding diaryl/α,β-unsaturated/α-hetero) is 1. The fraction of sp³-hybridized carbons (Fsp3) is 0.354. The maximum atomic E-state index is 14.2. The van der Waals surface area contributed by atoms with Gasteiger partial charge in [0.15, 0.2) is 11.4 Å². The largest absolute Gasteiger partial charge is 0.454 e. The first-order chi connectivity index (χ1) is 26.7. The summed E-state index contributed by atoms with van der Waals surface area (Å²) < 4.78 is 19.9. The van der Waals surface area contributed by atoms with Crippen molar-refractivity contribution in [3.05, 3.63) is 167 Å². The number of hydrogen-bond acceptors (Lipinski definition) is 8. The Morgan fingerprint density at radius 3 is 1.79 bits per heavy atom. The smallest absolute Gasteiger partial charge is 0.338 e. The third-order valence-electron chi connectivity index (χ3n) is 13.3. The quantitative estimate of drug-likeness (QED) is 0.103. The summed E-state index contributed by atoms with van der Waals surface area (Å²) >= 11 is 0. The minimum atomic E-state index is -2.03. The number of hydrogen-bond donors (Lipinski definition) is 2. The van der Waals surface area contributed by atoms with Crippen LogP contribution in [0.1, 0.15) is 68.1 Å². The lowest BCUT2D eigenvalue weighted by Gasteiger charge is -2.53. The SMILES string of the molecule is CC(=O)O[C@@]12[C@H](OC(=O)c3ccccc3)[C@@H](C)[C@@]3(O)[C@@H](C=C(COC(c4ccccc4)(c4ccccc4)c4ccccc4)C[C@]4(O)C(=O)C(C)=C[C@@H]34)[C@@H]1C2(C)C. The molecular formula is C48H48O8. The number of carbonyl (C=O) groups is 3. The van der Waals surface area contributed by atoms with Crippen molar-refractivity contribution in [2.24, 2.45) is 29.1 Å². The van der Waals surface area contributed by atoms with Crippen LogP contribution in [0.5, 0.6) is 0 Å². The van der Waals surface area contributed by atoms with Gasteiger partial charge in [-0.25, -0.2) is 4.79 Å². The summed E-state index contributed by atoms with van der Waals surface area (Å²) in [6.07, 6.45) is 2.41. The second-order valence-electron chi connectivity index (χ2n) is 16.6. The highest BCUT2D eigenvalue weighted by atomic mass is 16.6. The Hall–Kier alpha value is -5.15. The number of ether oxygens (including phenoxy) is 3. The van der Waals surface area contributed by atoms with Gasteiger partial charge in [0.1, 0.15) is 17.3 Å². The van der Waals surface area contributed by atoms with Crippen molar-refractivity contribution in [1.29, 1.82) is 0 Å². The summed E-state index contributed by atoms with van der Waals surface area (Å²) in [7, 11) is 0. The monoisotopic (exact) mass is 752 g/mol. The van der Waals surface area contributed by atoms with Crippen LogP contribution in [-0.2, 0) is 29.4 Å². The van der Waals surface area contributed by atoms with E-state index in [9.17, 15) is 24.6 Å². The first-order valence-corrected chi connectivity index (χ1v) is 19.4. The van der Waals surface area contributed by atoms with E-state index >= 15 is 0 Å². The lowest BCUT2D eigenvalue weighted by Crippen LogP contribution is -2.66. The van der Waals surface area contributed by atoms with Gasteiger partial charge in [-0.2, -0.15) is 0 Å². The van der Waals surface area contributed by atoms with Gasteiger partial charge in [-0.05, 0) is 46.9 Å². The highest BCUT2D eigenvalue weighted by Gasteiger charge is 2.88. The average Bonchev–Trinajstić information content (AvgIpc) is 3.62. The zero-order chi connectivity index (χ0) is 39.7. The third kappa shape index (κ3) is 5.41. The maximum Gasteiger partial charge on any atom is 0.338 e. The summed E-state index contributed by atoms with van der Waals surface area (Å²) in [6, 6.07) is 38.4. The molecule has 0 amide bonds. The van der Waals surface area contributed by atoms with Crippen LogP contribution in [0.25, 0.3) is 0 Å². The van der Waals surface area contributed by atoms with Crippen molar-refractivity contribution in [2.45, 2.75) is 69.5 Å². The molecule has 8 rings (SSSR count). The Kier molecular flexibility index (Phi) is 9.11. The van der Waals surface area contributed by atoms with Crippen LogP contribution in [0.2, 0.25) is 0 Å². The van der Waals surface area contributed by atoms with E-state index < -0.39 is 75.3 Å². The van der Waals surface area contributed by atoms with Gasteiger partial charge in [-0.3, -0.25) is 9.59 Å². The molecule has 8 atom stereocenters. The minimum absolute atomic E-state index is 0.0128. The average molecular weight is 753 g/mol. The number of rotatable bonds is 9. The van der Waals surface area contributed by atoms with E-state index in [1.165, 1.54) is 6.92 Å². The van der Waals surface area contributed by atoms with Crippen LogP contribution in [0.4, 0.5) is 0 Å². The topological polar surface area (TPSA) is 119 Å². The fourth-order valence-electron chi connectivity index (χ4n) is 10.8.